The van der Waals surface area contributed by atoms with Gasteiger partial charge in [0.2, 0.25) is 5.91 Å². The minimum absolute atomic E-state index is 0. The molecule has 2 aliphatic rings. The van der Waals surface area contributed by atoms with Crippen molar-refractivity contribution in [1.29, 1.82) is 0 Å². The van der Waals surface area contributed by atoms with Gasteiger partial charge in [0.25, 0.3) is 0 Å². The van der Waals surface area contributed by atoms with Crippen LogP contribution in [0.25, 0.3) is 0 Å². The fraction of sp³-hybridized carbons (Fsp3) is 0.650. The van der Waals surface area contributed by atoms with E-state index >= 15 is 0 Å². The maximum Gasteiger partial charge on any atom is 0.220 e. The van der Waals surface area contributed by atoms with Crippen molar-refractivity contribution in [1.82, 2.24) is 15.5 Å². The van der Waals surface area contributed by atoms with Crippen LogP contribution in [-0.2, 0) is 11.2 Å². The van der Waals surface area contributed by atoms with Crippen LogP contribution in [0.15, 0.2) is 30.3 Å². The summed E-state index contributed by atoms with van der Waals surface area (Å²) in [5.74, 6) is 0.782. The third kappa shape index (κ3) is 7.07. The van der Waals surface area contributed by atoms with Crippen LogP contribution in [-0.4, -0.2) is 49.6 Å². The first-order valence-electron chi connectivity index (χ1n) is 9.32. The highest BCUT2D eigenvalue weighted by Crippen LogP contribution is 2.32. The molecule has 1 aromatic carbocycles. The largest absolute Gasteiger partial charge is 0.352 e. The van der Waals surface area contributed by atoms with Crippen LogP contribution in [0.3, 0.4) is 0 Å². The summed E-state index contributed by atoms with van der Waals surface area (Å²) in [5, 5.41) is 6.95. The maximum atomic E-state index is 12.6. The van der Waals surface area contributed by atoms with E-state index in [1.165, 1.54) is 31.2 Å². The monoisotopic (exact) mass is 401 g/mol. The summed E-state index contributed by atoms with van der Waals surface area (Å²) in [6.07, 6.45) is 6.50. The van der Waals surface area contributed by atoms with Crippen molar-refractivity contribution in [3.8, 4) is 0 Å². The molecule has 2 saturated heterocycles. The second kappa shape index (κ2) is 11.1. The number of nitrogens with zero attached hydrogens (tertiary/aromatic N) is 1. The van der Waals surface area contributed by atoms with Gasteiger partial charge >= 0.3 is 0 Å². The molecule has 0 saturated carbocycles. The fourth-order valence-electron chi connectivity index (χ4n) is 4.39. The topological polar surface area (TPSA) is 44.4 Å². The number of rotatable bonds is 7. The van der Waals surface area contributed by atoms with E-state index in [9.17, 15) is 4.79 Å². The van der Waals surface area contributed by atoms with Crippen molar-refractivity contribution < 1.29 is 4.79 Å². The number of benzene rings is 1. The van der Waals surface area contributed by atoms with Gasteiger partial charge in [-0.1, -0.05) is 30.3 Å². The smallest absolute Gasteiger partial charge is 0.220 e. The number of amides is 1. The second-order valence-corrected chi connectivity index (χ2v) is 7.90. The van der Waals surface area contributed by atoms with Gasteiger partial charge in [-0.25, -0.2) is 0 Å². The van der Waals surface area contributed by atoms with Gasteiger partial charge in [0.05, 0.1) is 0 Å². The molecule has 2 fully saturated rings. The average molecular weight is 402 g/mol. The summed E-state index contributed by atoms with van der Waals surface area (Å²) >= 11 is 0. The van der Waals surface area contributed by atoms with E-state index in [4.69, 9.17) is 0 Å². The summed E-state index contributed by atoms with van der Waals surface area (Å²) in [7, 11) is 4.13. The van der Waals surface area contributed by atoms with Crippen molar-refractivity contribution in [2.45, 2.75) is 56.7 Å². The predicted molar refractivity (Wildman–Crippen MR) is 112 cm³/mol. The Bertz CT molecular complexity index is 529. The standard InChI is InChI=1S/C20H31N3O.2ClH/c1-23(2)14-19(10-15-6-4-3-5-7-15)22-20(24)13-16-11-17-8-9-18(12-16)21-17;;/h3-7,16-19,21H,8-14H2,1-2H3,(H,22,24);2*1H. The Morgan fingerprint density at radius 3 is 2.35 bits per heavy atom. The lowest BCUT2D eigenvalue weighted by molar-refractivity contribution is -0.123. The van der Waals surface area contributed by atoms with E-state index in [-0.39, 0.29) is 36.8 Å². The third-order valence-electron chi connectivity index (χ3n) is 5.32. The number of halogens is 2. The minimum atomic E-state index is 0. The molecule has 1 aromatic rings. The third-order valence-corrected chi connectivity index (χ3v) is 5.32. The molecule has 0 spiro atoms. The molecule has 148 valence electrons. The number of carbonyl (C=O) groups excluding carboxylic acids is 1. The fourth-order valence-corrected chi connectivity index (χ4v) is 4.39. The molecule has 2 aliphatic heterocycles. The molecular weight excluding hydrogens is 369 g/mol. The van der Waals surface area contributed by atoms with Crippen LogP contribution in [0.4, 0.5) is 0 Å². The second-order valence-electron chi connectivity index (χ2n) is 7.90. The predicted octanol–water partition coefficient (Wildman–Crippen LogP) is 3.04. The first-order chi connectivity index (χ1) is 11.6. The summed E-state index contributed by atoms with van der Waals surface area (Å²) in [6, 6.07) is 11.9. The van der Waals surface area contributed by atoms with Gasteiger partial charge in [-0.15, -0.1) is 24.8 Å². The lowest BCUT2D eigenvalue weighted by atomic mass is 9.89. The van der Waals surface area contributed by atoms with Crippen molar-refractivity contribution in [2.75, 3.05) is 20.6 Å². The summed E-state index contributed by atoms with van der Waals surface area (Å²) in [6.45, 7) is 0.873. The van der Waals surface area contributed by atoms with E-state index in [0.29, 0.717) is 24.4 Å². The Kier molecular flexibility index (Phi) is 9.94. The average Bonchev–Trinajstić information content (AvgIpc) is 2.86. The molecule has 0 radical (unpaired) electrons. The molecule has 1 amide bonds. The van der Waals surface area contributed by atoms with Gasteiger partial charge in [-0.2, -0.15) is 0 Å². The zero-order chi connectivity index (χ0) is 16.9. The molecule has 2 bridgehead atoms. The Morgan fingerprint density at radius 1 is 1.15 bits per heavy atom. The molecule has 0 aromatic heterocycles. The van der Waals surface area contributed by atoms with E-state index < -0.39 is 0 Å². The number of likely N-dealkylation sites (N-methyl/N-ethyl adjacent to an activating group) is 1. The molecular formula is C20H33Cl2N3O. The van der Waals surface area contributed by atoms with Gasteiger partial charge < -0.3 is 15.5 Å². The maximum absolute atomic E-state index is 12.6. The van der Waals surface area contributed by atoms with Crippen LogP contribution in [0, 0.1) is 5.92 Å². The van der Waals surface area contributed by atoms with Crippen LogP contribution < -0.4 is 10.6 Å². The van der Waals surface area contributed by atoms with Crippen molar-refractivity contribution in [3.05, 3.63) is 35.9 Å². The molecule has 0 aliphatic carbocycles. The lowest BCUT2D eigenvalue weighted by Gasteiger charge is -2.29. The highest BCUT2D eigenvalue weighted by Gasteiger charge is 2.34. The molecule has 3 unspecified atom stereocenters. The van der Waals surface area contributed by atoms with Gasteiger partial charge in [0.15, 0.2) is 0 Å². The van der Waals surface area contributed by atoms with E-state index in [1.54, 1.807) is 0 Å². The molecule has 2 heterocycles. The molecule has 3 rings (SSSR count). The van der Waals surface area contributed by atoms with Gasteiger partial charge in [-0.05, 0) is 57.7 Å². The van der Waals surface area contributed by atoms with Gasteiger partial charge in [0, 0.05) is 31.1 Å². The highest BCUT2D eigenvalue weighted by molar-refractivity contribution is 5.85. The number of hydrogen-bond acceptors (Lipinski definition) is 3. The first-order valence-corrected chi connectivity index (χ1v) is 9.32. The first kappa shape index (κ1) is 23.2. The van der Waals surface area contributed by atoms with E-state index in [1.807, 2.05) is 6.07 Å². The molecule has 3 atom stereocenters. The van der Waals surface area contributed by atoms with Crippen LogP contribution >= 0.6 is 24.8 Å². The summed E-state index contributed by atoms with van der Waals surface area (Å²) in [5.41, 5.74) is 1.28. The molecule has 4 nitrogen and oxygen atoms in total. The number of carbonyl (C=O) groups is 1. The quantitative estimate of drug-likeness (QED) is 0.737. The van der Waals surface area contributed by atoms with Gasteiger partial charge in [-0.3, -0.25) is 4.79 Å². The molecule has 2 N–H and O–H groups in total. The Hall–Kier alpha value is -0.810. The molecule has 26 heavy (non-hydrogen) atoms. The van der Waals surface area contributed by atoms with Crippen LogP contribution in [0.5, 0.6) is 0 Å². The lowest BCUT2D eigenvalue weighted by Crippen LogP contribution is -2.45. The number of piperidine rings is 1. The van der Waals surface area contributed by atoms with Crippen molar-refractivity contribution in [2.24, 2.45) is 5.92 Å². The van der Waals surface area contributed by atoms with Crippen molar-refractivity contribution in [3.63, 3.8) is 0 Å². The van der Waals surface area contributed by atoms with E-state index in [2.05, 4.69) is 53.9 Å². The van der Waals surface area contributed by atoms with Crippen molar-refractivity contribution >= 4 is 30.7 Å². The van der Waals surface area contributed by atoms with Crippen LogP contribution in [0.1, 0.15) is 37.7 Å². The zero-order valence-electron chi connectivity index (χ0n) is 15.8. The minimum Gasteiger partial charge on any atom is -0.352 e. The van der Waals surface area contributed by atoms with Crippen LogP contribution in [0.2, 0.25) is 0 Å². The van der Waals surface area contributed by atoms with Gasteiger partial charge in [0.1, 0.15) is 0 Å². The summed E-state index contributed by atoms with van der Waals surface area (Å²) < 4.78 is 0. The number of nitrogens with one attached hydrogen (secondary N) is 2. The number of fused-ring (bicyclic) bond motifs is 2. The number of hydrogen-bond donors (Lipinski definition) is 2. The normalized spacial score (nSPS) is 25.1. The van der Waals surface area contributed by atoms with E-state index in [0.717, 1.165) is 13.0 Å². The summed E-state index contributed by atoms with van der Waals surface area (Å²) in [4.78, 5) is 14.7. The SMILES string of the molecule is CN(C)CC(Cc1ccccc1)NC(=O)CC1CC2CCC(C1)N2.Cl.Cl. The Balaban J connectivity index is 0.00000169. The highest BCUT2D eigenvalue weighted by atomic mass is 35.5. The Labute approximate surface area is 170 Å². The molecule has 6 heteroatoms. The Morgan fingerprint density at radius 2 is 1.77 bits per heavy atom. The zero-order valence-corrected chi connectivity index (χ0v) is 17.5.